The van der Waals surface area contributed by atoms with Gasteiger partial charge in [0.2, 0.25) is 0 Å². The number of alkyl halides is 3. The number of aromatic nitrogens is 1. The van der Waals surface area contributed by atoms with Crippen LogP contribution in [-0.4, -0.2) is 10.5 Å². The second-order valence-electron chi connectivity index (χ2n) is 8.29. The molecule has 0 radical (unpaired) electrons. The predicted octanol–water partition coefficient (Wildman–Crippen LogP) is 6.50. The number of nitrogens with zero attached hydrogens (tertiary/aromatic N) is 1. The number of halogens is 3. The Labute approximate surface area is 187 Å². The van der Waals surface area contributed by atoms with Crippen molar-refractivity contribution in [2.24, 2.45) is 0 Å². The maximum atomic E-state index is 13.4. The molecule has 7 heteroatoms. The zero-order valence-electron chi connectivity index (χ0n) is 17.4. The predicted molar refractivity (Wildman–Crippen MR) is 120 cm³/mol. The number of thiophene rings is 1. The highest BCUT2D eigenvalue weighted by Crippen LogP contribution is 2.46. The summed E-state index contributed by atoms with van der Waals surface area (Å²) in [6.07, 6.45) is -0.658. The quantitative estimate of drug-likeness (QED) is 0.367. The van der Waals surface area contributed by atoms with Crippen molar-refractivity contribution in [3.05, 3.63) is 94.0 Å². The van der Waals surface area contributed by atoms with E-state index in [2.05, 4.69) is 5.32 Å². The molecule has 1 aliphatic rings. The summed E-state index contributed by atoms with van der Waals surface area (Å²) in [5.41, 5.74) is 2.34. The lowest BCUT2D eigenvalue weighted by atomic mass is 10.0. The van der Waals surface area contributed by atoms with E-state index in [1.165, 1.54) is 12.1 Å². The molecule has 1 aliphatic carbocycles. The van der Waals surface area contributed by atoms with E-state index in [1.807, 2.05) is 54.1 Å². The molecule has 4 aromatic rings. The highest BCUT2D eigenvalue weighted by molar-refractivity contribution is 7.19. The van der Waals surface area contributed by atoms with Crippen molar-refractivity contribution < 1.29 is 18.0 Å². The van der Waals surface area contributed by atoms with Gasteiger partial charge in [-0.25, -0.2) is 0 Å². The van der Waals surface area contributed by atoms with E-state index in [0.717, 1.165) is 51.2 Å². The Morgan fingerprint density at radius 2 is 1.75 bits per heavy atom. The fourth-order valence-electron chi connectivity index (χ4n) is 4.23. The van der Waals surface area contributed by atoms with Gasteiger partial charge < -0.3 is 9.88 Å². The van der Waals surface area contributed by atoms with Crippen LogP contribution in [0.15, 0.2) is 66.9 Å². The SMILES string of the molecule is Cc1sc2ccn(Cc3ccc(C(F)(F)F)cc3)c2c1C(=O)NC1(c2ccccc2)CC1. The van der Waals surface area contributed by atoms with Crippen molar-refractivity contribution >= 4 is 27.5 Å². The zero-order chi connectivity index (χ0) is 22.5. The van der Waals surface area contributed by atoms with Gasteiger partial charge in [0.15, 0.2) is 0 Å². The largest absolute Gasteiger partial charge is 0.416 e. The Morgan fingerprint density at radius 3 is 2.38 bits per heavy atom. The standard InChI is InChI=1S/C25H21F3N2OS/c1-16-21(23(31)29-24(12-13-24)18-5-3-2-4-6-18)22-20(32-16)11-14-30(22)15-17-7-9-19(10-8-17)25(26,27)28/h2-11,14H,12-13,15H2,1H3,(H,29,31). The van der Waals surface area contributed by atoms with E-state index in [9.17, 15) is 18.0 Å². The van der Waals surface area contributed by atoms with E-state index < -0.39 is 11.7 Å². The van der Waals surface area contributed by atoms with E-state index in [-0.39, 0.29) is 11.4 Å². The lowest BCUT2D eigenvalue weighted by Crippen LogP contribution is -2.35. The highest BCUT2D eigenvalue weighted by Gasteiger charge is 2.46. The number of aryl methyl sites for hydroxylation is 1. The first kappa shape index (κ1) is 20.8. The van der Waals surface area contributed by atoms with Crippen LogP contribution in [0.5, 0.6) is 0 Å². The molecule has 0 saturated heterocycles. The summed E-state index contributed by atoms with van der Waals surface area (Å²) in [6.45, 7) is 2.33. The first-order valence-corrected chi connectivity index (χ1v) is 11.2. The van der Waals surface area contributed by atoms with Crippen LogP contribution in [-0.2, 0) is 18.3 Å². The van der Waals surface area contributed by atoms with Crippen molar-refractivity contribution in [1.82, 2.24) is 9.88 Å². The van der Waals surface area contributed by atoms with Crippen LogP contribution in [0.1, 0.15) is 44.8 Å². The summed E-state index contributed by atoms with van der Waals surface area (Å²) in [4.78, 5) is 14.3. The molecule has 0 unspecified atom stereocenters. The third kappa shape index (κ3) is 3.71. The molecule has 164 valence electrons. The third-order valence-corrected chi connectivity index (χ3v) is 7.13. The number of carbonyl (C=O) groups excluding carboxylic acids is 1. The second kappa shape index (κ2) is 7.52. The fourth-order valence-corrected chi connectivity index (χ4v) is 5.29. The van der Waals surface area contributed by atoms with Gasteiger partial charge in [0.05, 0.1) is 26.9 Å². The van der Waals surface area contributed by atoms with Crippen molar-refractivity contribution in [2.75, 3.05) is 0 Å². The average Bonchev–Trinajstić information content (AvgIpc) is 3.33. The molecule has 1 saturated carbocycles. The molecule has 5 rings (SSSR count). The second-order valence-corrected chi connectivity index (χ2v) is 9.54. The number of fused-ring (bicyclic) bond motifs is 1. The lowest BCUT2D eigenvalue weighted by molar-refractivity contribution is -0.137. The number of benzene rings is 2. The Morgan fingerprint density at radius 1 is 1.06 bits per heavy atom. The van der Waals surface area contributed by atoms with Crippen LogP contribution in [0.3, 0.4) is 0 Å². The number of carbonyl (C=O) groups is 1. The molecule has 1 amide bonds. The van der Waals surface area contributed by atoms with Crippen molar-refractivity contribution in [3.63, 3.8) is 0 Å². The van der Waals surface area contributed by atoms with Crippen LogP contribution >= 0.6 is 11.3 Å². The van der Waals surface area contributed by atoms with Gasteiger partial charge >= 0.3 is 6.18 Å². The van der Waals surface area contributed by atoms with Crippen LogP contribution < -0.4 is 5.32 Å². The minimum absolute atomic E-state index is 0.109. The van der Waals surface area contributed by atoms with Crippen molar-refractivity contribution in [2.45, 2.75) is 38.0 Å². The third-order valence-electron chi connectivity index (χ3n) is 6.07. The maximum Gasteiger partial charge on any atom is 0.416 e. The Balaban J connectivity index is 1.44. The lowest BCUT2D eigenvalue weighted by Gasteiger charge is -2.18. The van der Waals surface area contributed by atoms with Gasteiger partial charge in [-0.1, -0.05) is 42.5 Å². The normalized spacial score (nSPS) is 15.1. The minimum atomic E-state index is -4.35. The van der Waals surface area contributed by atoms with Crippen LogP contribution in [0.4, 0.5) is 13.2 Å². The monoisotopic (exact) mass is 454 g/mol. The summed E-state index contributed by atoms with van der Waals surface area (Å²) in [6, 6.07) is 17.1. The number of amides is 1. The fraction of sp³-hybridized carbons (Fsp3) is 0.240. The molecule has 2 aromatic heterocycles. The number of nitrogens with one attached hydrogen (secondary N) is 1. The topological polar surface area (TPSA) is 34.0 Å². The molecule has 0 spiro atoms. The molecule has 2 aromatic carbocycles. The average molecular weight is 455 g/mol. The molecule has 2 heterocycles. The maximum absolute atomic E-state index is 13.4. The molecule has 0 bridgehead atoms. The molecule has 32 heavy (non-hydrogen) atoms. The van der Waals surface area contributed by atoms with Gasteiger partial charge in [0.1, 0.15) is 0 Å². The Kier molecular flexibility index (Phi) is 4.89. The van der Waals surface area contributed by atoms with Gasteiger partial charge in [-0.05, 0) is 49.1 Å². The molecule has 0 atom stereocenters. The first-order valence-electron chi connectivity index (χ1n) is 10.4. The van der Waals surface area contributed by atoms with E-state index in [4.69, 9.17) is 0 Å². The smallest absolute Gasteiger partial charge is 0.342 e. The van der Waals surface area contributed by atoms with Crippen LogP contribution in [0.25, 0.3) is 10.2 Å². The van der Waals surface area contributed by atoms with E-state index in [1.54, 1.807) is 11.3 Å². The highest BCUT2D eigenvalue weighted by atomic mass is 32.1. The molecule has 1 N–H and O–H groups in total. The minimum Gasteiger partial charge on any atom is -0.342 e. The van der Waals surface area contributed by atoms with Gasteiger partial charge in [0.25, 0.3) is 5.91 Å². The molecule has 3 nitrogen and oxygen atoms in total. The Bertz CT molecular complexity index is 1280. The zero-order valence-corrected chi connectivity index (χ0v) is 18.2. The van der Waals surface area contributed by atoms with Crippen molar-refractivity contribution in [1.29, 1.82) is 0 Å². The summed E-state index contributed by atoms with van der Waals surface area (Å²) >= 11 is 1.56. The van der Waals surface area contributed by atoms with Crippen molar-refractivity contribution in [3.8, 4) is 0 Å². The summed E-state index contributed by atoms with van der Waals surface area (Å²) in [7, 11) is 0. The molecule has 1 fully saturated rings. The Hall–Kier alpha value is -3.06. The first-order chi connectivity index (χ1) is 15.3. The number of rotatable bonds is 5. The van der Waals surface area contributed by atoms with Crippen LogP contribution in [0, 0.1) is 6.92 Å². The van der Waals surface area contributed by atoms with E-state index >= 15 is 0 Å². The van der Waals surface area contributed by atoms with Gasteiger partial charge in [0, 0.05) is 17.6 Å². The van der Waals surface area contributed by atoms with Gasteiger partial charge in [-0.3, -0.25) is 4.79 Å². The number of hydrogen-bond donors (Lipinski definition) is 1. The van der Waals surface area contributed by atoms with Crippen LogP contribution in [0.2, 0.25) is 0 Å². The van der Waals surface area contributed by atoms with E-state index in [0.29, 0.717) is 12.1 Å². The summed E-state index contributed by atoms with van der Waals surface area (Å²) in [5.74, 6) is -0.109. The molecular weight excluding hydrogens is 433 g/mol. The summed E-state index contributed by atoms with van der Waals surface area (Å²) in [5, 5.41) is 3.25. The van der Waals surface area contributed by atoms with Gasteiger partial charge in [-0.2, -0.15) is 13.2 Å². The molecular formula is C25H21F3N2OS. The summed E-state index contributed by atoms with van der Waals surface area (Å²) < 4.78 is 41.5. The van der Waals surface area contributed by atoms with Gasteiger partial charge in [-0.15, -0.1) is 11.3 Å². The number of hydrogen-bond acceptors (Lipinski definition) is 2. The molecule has 0 aliphatic heterocycles.